The Balaban J connectivity index is 1.31. The Morgan fingerprint density at radius 3 is 2.81 bits per heavy atom. The predicted molar refractivity (Wildman–Crippen MR) is 121 cm³/mol. The monoisotopic (exact) mass is 457 g/mol. The fourth-order valence-corrected chi connectivity index (χ4v) is 3.90. The van der Waals surface area contributed by atoms with E-state index in [0.717, 1.165) is 16.0 Å². The average Bonchev–Trinajstić information content (AvgIpc) is 3.40. The van der Waals surface area contributed by atoms with Crippen LogP contribution in [-0.2, 0) is 4.79 Å². The third kappa shape index (κ3) is 5.39. The van der Waals surface area contributed by atoms with Gasteiger partial charge in [-0.25, -0.2) is 0 Å². The van der Waals surface area contributed by atoms with Crippen LogP contribution in [0.4, 0.5) is 6.01 Å². The first-order valence-electron chi connectivity index (χ1n) is 9.80. The molecule has 0 aliphatic rings. The third-order valence-corrected chi connectivity index (χ3v) is 5.67. The summed E-state index contributed by atoms with van der Waals surface area (Å²) in [6, 6.07) is 15.1. The lowest BCUT2D eigenvalue weighted by Gasteiger charge is -2.02. The first-order valence-corrected chi connectivity index (χ1v) is 11.2. The highest BCUT2D eigenvalue weighted by Crippen LogP contribution is 2.33. The van der Waals surface area contributed by atoms with Gasteiger partial charge in [0.2, 0.25) is 5.91 Å². The summed E-state index contributed by atoms with van der Waals surface area (Å²) in [4.78, 5) is 13.3. The number of benzene rings is 2. The van der Waals surface area contributed by atoms with Gasteiger partial charge in [-0.1, -0.05) is 28.8 Å². The van der Waals surface area contributed by atoms with Crippen molar-refractivity contribution in [2.45, 2.75) is 24.7 Å². The van der Waals surface area contributed by atoms with Gasteiger partial charge in [-0.05, 0) is 55.5 Å². The van der Waals surface area contributed by atoms with Crippen molar-refractivity contribution in [1.29, 1.82) is 0 Å². The average molecular weight is 458 g/mol. The van der Waals surface area contributed by atoms with Crippen molar-refractivity contribution in [1.82, 2.24) is 10.2 Å². The van der Waals surface area contributed by atoms with Crippen LogP contribution in [-0.4, -0.2) is 28.5 Å². The number of anilines is 1. The lowest BCUT2D eigenvalue weighted by Crippen LogP contribution is -2.11. The van der Waals surface area contributed by atoms with Crippen LogP contribution >= 0.6 is 23.4 Å². The molecule has 0 saturated carbocycles. The van der Waals surface area contributed by atoms with Gasteiger partial charge < -0.3 is 13.6 Å². The topological polar surface area (TPSA) is 90.4 Å². The maximum absolute atomic E-state index is 12.2. The van der Waals surface area contributed by atoms with Gasteiger partial charge in [-0.2, -0.15) is 0 Å². The number of rotatable bonds is 9. The molecule has 9 heteroatoms. The summed E-state index contributed by atoms with van der Waals surface area (Å²) in [5.41, 5.74) is 0.612. The van der Waals surface area contributed by atoms with Crippen LogP contribution in [0.1, 0.15) is 19.8 Å². The highest BCUT2D eigenvalue weighted by Gasteiger charge is 2.17. The molecule has 4 rings (SSSR count). The quantitative estimate of drug-likeness (QED) is 0.242. The van der Waals surface area contributed by atoms with E-state index in [9.17, 15) is 4.79 Å². The maximum Gasteiger partial charge on any atom is 0.322 e. The minimum absolute atomic E-state index is 0.0378. The minimum atomic E-state index is -0.185. The van der Waals surface area contributed by atoms with Crippen molar-refractivity contribution < 1.29 is 18.4 Å². The summed E-state index contributed by atoms with van der Waals surface area (Å²) < 4.78 is 17.0. The predicted octanol–water partition coefficient (Wildman–Crippen LogP) is 6.05. The SMILES string of the molecule is CCOc1cccc2cc(-c3nnc(NC(=O)CCCSc4ccc(Cl)cc4)o3)oc12. The smallest absolute Gasteiger partial charge is 0.322 e. The molecule has 0 aliphatic heterocycles. The van der Waals surface area contributed by atoms with Crippen LogP contribution in [0.3, 0.4) is 0 Å². The molecule has 0 unspecified atom stereocenters. The number of thioether (sulfide) groups is 1. The lowest BCUT2D eigenvalue weighted by molar-refractivity contribution is -0.116. The molecular formula is C22H20ClN3O4S. The van der Waals surface area contributed by atoms with Crippen LogP contribution in [0.25, 0.3) is 22.6 Å². The first kappa shape index (κ1) is 21.3. The molecule has 0 bridgehead atoms. The zero-order valence-corrected chi connectivity index (χ0v) is 18.3. The Kier molecular flexibility index (Phi) is 6.79. The molecule has 0 fully saturated rings. The van der Waals surface area contributed by atoms with E-state index in [0.29, 0.717) is 41.6 Å². The standard InChI is InChI=1S/C22H20ClN3O4S/c1-2-28-17-6-3-5-14-13-18(29-20(14)17)21-25-26-22(30-21)24-19(27)7-4-12-31-16-10-8-15(23)9-11-16/h3,5-6,8-11,13H,2,4,7,12H2,1H3,(H,24,26,27). The summed E-state index contributed by atoms with van der Waals surface area (Å²) in [5, 5.41) is 12.1. The summed E-state index contributed by atoms with van der Waals surface area (Å²) in [5.74, 6) is 1.87. The van der Waals surface area contributed by atoms with Gasteiger partial charge in [-0.3, -0.25) is 10.1 Å². The van der Waals surface area contributed by atoms with E-state index in [1.54, 1.807) is 17.8 Å². The van der Waals surface area contributed by atoms with Crippen molar-refractivity contribution in [3.8, 4) is 17.4 Å². The van der Waals surface area contributed by atoms with Gasteiger partial charge >= 0.3 is 6.01 Å². The number of amides is 1. The molecule has 2 aromatic carbocycles. The zero-order chi connectivity index (χ0) is 21.6. The van der Waals surface area contributed by atoms with Gasteiger partial charge in [0.25, 0.3) is 5.89 Å². The van der Waals surface area contributed by atoms with Crippen molar-refractivity contribution in [3.05, 3.63) is 53.6 Å². The van der Waals surface area contributed by atoms with E-state index in [4.69, 9.17) is 25.2 Å². The molecule has 1 N–H and O–H groups in total. The molecule has 0 aliphatic carbocycles. The zero-order valence-electron chi connectivity index (χ0n) is 16.8. The Bertz CT molecular complexity index is 1170. The number of fused-ring (bicyclic) bond motifs is 1. The minimum Gasteiger partial charge on any atom is -0.490 e. The molecule has 0 atom stereocenters. The highest BCUT2D eigenvalue weighted by atomic mass is 35.5. The van der Waals surface area contributed by atoms with E-state index in [1.807, 2.05) is 49.4 Å². The number of furan rings is 1. The third-order valence-electron chi connectivity index (χ3n) is 4.32. The fraction of sp³-hybridized carbons (Fsp3) is 0.227. The second kappa shape index (κ2) is 9.89. The van der Waals surface area contributed by atoms with Gasteiger partial charge in [0.15, 0.2) is 17.1 Å². The molecule has 4 aromatic rings. The molecule has 7 nitrogen and oxygen atoms in total. The Hall–Kier alpha value is -2.97. The van der Waals surface area contributed by atoms with Crippen molar-refractivity contribution in [3.63, 3.8) is 0 Å². The molecule has 0 radical (unpaired) electrons. The Labute approximate surface area is 188 Å². The number of carbonyl (C=O) groups excluding carboxylic acids is 1. The number of halogens is 1. The van der Waals surface area contributed by atoms with Gasteiger partial charge in [-0.15, -0.1) is 16.9 Å². The molecule has 160 valence electrons. The van der Waals surface area contributed by atoms with Crippen LogP contribution in [0.5, 0.6) is 5.75 Å². The van der Waals surface area contributed by atoms with Crippen molar-refractivity contribution >= 4 is 46.3 Å². The highest BCUT2D eigenvalue weighted by molar-refractivity contribution is 7.99. The number of carbonyl (C=O) groups is 1. The first-order chi connectivity index (χ1) is 15.1. The van der Waals surface area contributed by atoms with Gasteiger partial charge in [0, 0.05) is 21.7 Å². The summed E-state index contributed by atoms with van der Waals surface area (Å²) in [6.45, 7) is 2.44. The van der Waals surface area contributed by atoms with E-state index < -0.39 is 0 Å². The van der Waals surface area contributed by atoms with E-state index >= 15 is 0 Å². The Morgan fingerprint density at radius 1 is 1.16 bits per heavy atom. The van der Waals surface area contributed by atoms with Crippen molar-refractivity contribution in [2.24, 2.45) is 0 Å². The summed E-state index contributed by atoms with van der Waals surface area (Å²) in [7, 11) is 0. The van der Waals surface area contributed by atoms with Crippen LogP contribution in [0.15, 0.2) is 62.3 Å². The van der Waals surface area contributed by atoms with Gasteiger partial charge in [0.05, 0.1) is 6.61 Å². The summed E-state index contributed by atoms with van der Waals surface area (Å²) in [6.07, 6.45) is 1.06. The van der Waals surface area contributed by atoms with Crippen LogP contribution < -0.4 is 10.1 Å². The van der Waals surface area contributed by atoms with E-state index in [1.165, 1.54) is 0 Å². The fourth-order valence-electron chi connectivity index (χ4n) is 2.92. The van der Waals surface area contributed by atoms with E-state index in [-0.39, 0.29) is 17.8 Å². The molecule has 2 aromatic heterocycles. The number of aromatic nitrogens is 2. The van der Waals surface area contributed by atoms with Gasteiger partial charge in [0.1, 0.15) is 0 Å². The molecule has 31 heavy (non-hydrogen) atoms. The molecule has 0 spiro atoms. The molecule has 0 saturated heterocycles. The molecule has 1 amide bonds. The lowest BCUT2D eigenvalue weighted by atomic mass is 10.2. The second-order valence-electron chi connectivity index (χ2n) is 6.58. The normalized spacial score (nSPS) is 11.0. The van der Waals surface area contributed by atoms with Crippen molar-refractivity contribution in [2.75, 3.05) is 17.7 Å². The summed E-state index contributed by atoms with van der Waals surface area (Å²) >= 11 is 7.55. The number of hydrogen-bond acceptors (Lipinski definition) is 7. The van der Waals surface area contributed by atoms with Crippen LogP contribution in [0, 0.1) is 0 Å². The number of nitrogens with one attached hydrogen (secondary N) is 1. The maximum atomic E-state index is 12.2. The Morgan fingerprint density at radius 2 is 2.00 bits per heavy atom. The largest absolute Gasteiger partial charge is 0.490 e. The number of nitrogens with zero attached hydrogens (tertiary/aromatic N) is 2. The van der Waals surface area contributed by atoms with E-state index in [2.05, 4.69) is 15.5 Å². The number of para-hydroxylation sites is 1. The molecular weight excluding hydrogens is 438 g/mol. The van der Waals surface area contributed by atoms with Crippen LogP contribution in [0.2, 0.25) is 5.02 Å². The molecule has 2 heterocycles. The number of ether oxygens (including phenoxy) is 1. The second-order valence-corrected chi connectivity index (χ2v) is 8.19. The number of hydrogen-bond donors (Lipinski definition) is 1.